The summed E-state index contributed by atoms with van der Waals surface area (Å²) in [5.74, 6) is -0.0851. The van der Waals surface area contributed by atoms with E-state index >= 15 is 0 Å². The van der Waals surface area contributed by atoms with Crippen LogP contribution in [0.15, 0.2) is 53.1 Å². The molecule has 1 aromatic heterocycles. The van der Waals surface area contributed by atoms with Crippen LogP contribution < -0.4 is 5.32 Å². The van der Waals surface area contributed by atoms with Crippen LogP contribution in [-0.2, 0) is 9.53 Å². The number of amides is 1. The number of piperidine rings is 1. The van der Waals surface area contributed by atoms with E-state index in [2.05, 4.69) is 20.2 Å². The van der Waals surface area contributed by atoms with Crippen LogP contribution in [0.4, 0.5) is 10.1 Å². The molecule has 0 aliphatic carbocycles. The fourth-order valence-corrected chi connectivity index (χ4v) is 3.76. The van der Waals surface area contributed by atoms with E-state index in [0.29, 0.717) is 35.1 Å². The highest BCUT2D eigenvalue weighted by molar-refractivity contribution is 5.94. The summed E-state index contributed by atoms with van der Waals surface area (Å²) >= 11 is 0. The molecule has 3 aromatic rings. The lowest BCUT2D eigenvalue weighted by Crippen LogP contribution is -2.39. The highest BCUT2D eigenvalue weighted by atomic mass is 19.1. The van der Waals surface area contributed by atoms with Gasteiger partial charge in [-0.3, -0.25) is 9.69 Å². The molecule has 1 N–H and O–H groups in total. The van der Waals surface area contributed by atoms with Gasteiger partial charge in [0.2, 0.25) is 17.6 Å². The maximum absolute atomic E-state index is 13.5. The number of aromatic nitrogens is 2. The Kier molecular flexibility index (Phi) is 6.55. The Morgan fingerprint density at radius 2 is 2.06 bits per heavy atom. The zero-order valence-electron chi connectivity index (χ0n) is 17.6. The molecule has 0 saturated carbocycles. The Labute approximate surface area is 184 Å². The highest BCUT2D eigenvalue weighted by Gasteiger charge is 2.27. The minimum Gasteiger partial charge on any atom is -0.465 e. The summed E-state index contributed by atoms with van der Waals surface area (Å²) < 4.78 is 23.6. The number of halogens is 1. The van der Waals surface area contributed by atoms with Crippen LogP contribution in [0.3, 0.4) is 0 Å². The van der Waals surface area contributed by atoms with Crippen molar-refractivity contribution in [3.8, 4) is 11.4 Å². The zero-order chi connectivity index (χ0) is 22.5. The monoisotopic (exact) mass is 438 g/mol. The summed E-state index contributed by atoms with van der Waals surface area (Å²) in [5.41, 5.74) is 1.58. The van der Waals surface area contributed by atoms with Crippen LogP contribution >= 0.6 is 0 Å². The van der Waals surface area contributed by atoms with Crippen molar-refractivity contribution in [3.05, 3.63) is 65.8 Å². The molecule has 166 valence electrons. The second-order valence-corrected chi connectivity index (χ2v) is 7.66. The van der Waals surface area contributed by atoms with Gasteiger partial charge in [-0.1, -0.05) is 17.3 Å². The average Bonchev–Trinajstić information content (AvgIpc) is 3.30. The van der Waals surface area contributed by atoms with E-state index in [-0.39, 0.29) is 24.2 Å². The number of esters is 1. The first kappa shape index (κ1) is 21.6. The molecule has 4 rings (SSSR count). The van der Waals surface area contributed by atoms with Gasteiger partial charge in [-0.05, 0) is 55.8 Å². The van der Waals surface area contributed by atoms with Crippen LogP contribution in [0, 0.1) is 5.82 Å². The fraction of sp³-hybridized carbons (Fsp3) is 0.304. The Morgan fingerprint density at radius 3 is 2.81 bits per heavy atom. The molecular formula is C23H23FN4O4. The molecule has 8 nitrogen and oxygen atoms in total. The molecule has 1 amide bonds. The van der Waals surface area contributed by atoms with Gasteiger partial charge in [-0.2, -0.15) is 4.98 Å². The molecule has 0 spiro atoms. The van der Waals surface area contributed by atoms with Crippen molar-refractivity contribution in [2.75, 3.05) is 32.1 Å². The van der Waals surface area contributed by atoms with E-state index in [4.69, 9.17) is 4.52 Å². The maximum atomic E-state index is 13.5. The predicted octanol–water partition coefficient (Wildman–Crippen LogP) is 3.48. The number of nitrogens with one attached hydrogen (secondary N) is 1. The van der Waals surface area contributed by atoms with E-state index in [1.165, 1.54) is 19.2 Å². The molecule has 1 aliphatic heterocycles. The number of carbonyl (C=O) groups is 2. The molecule has 9 heteroatoms. The predicted molar refractivity (Wildman–Crippen MR) is 115 cm³/mol. The van der Waals surface area contributed by atoms with Gasteiger partial charge in [0.15, 0.2) is 0 Å². The lowest BCUT2D eigenvalue weighted by molar-refractivity contribution is -0.117. The number of methoxy groups -OCH3 is 1. The second-order valence-electron chi connectivity index (χ2n) is 7.66. The number of benzene rings is 2. The summed E-state index contributed by atoms with van der Waals surface area (Å²) in [6, 6.07) is 12.6. The summed E-state index contributed by atoms with van der Waals surface area (Å²) in [6.07, 6.45) is 1.77. The molecule has 1 aliphatic rings. The third-order valence-corrected chi connectivity index (χ3v) is 5.34. The van der Waals surface area contributed by atoms with Crippen molar-refractivity contribution in [3.63, 3.8) is 0 Å². The number of ether oxygens (including phenoxy) is 1. The first-order valence-electron chi connectivity index (χ1n) is 10.3. The minimum absolute atomic E-state index is 0.00528. The van der Waals surface area contributed by atoms with Gasteiger partial charge < -0.3 is 14.6 Å². The summed E-state index contributed by atoms with van der Waals surface area (Å²) in [7, 11) is 1.32. The average molecular weight is 438 g/mol. The number of nitrogens with zero attached hydrogens (tertiary/aromatic N) is 3. The van der Waals surface area contributed by atoms with E-state index in [1.807, 2.05) is 4.90 Å². The van der Waals surface area contributed by atoms with E-state index in [0.717, 1.165) is 19.4 Å². The van der Waals surface area contributed by atoms with Crippen LogP contribution in [0.25, 0.3) is 11.4 Å². The van der Waals surface area contributed by atoms with Gasteiger partial charge in [0.1, 0.15) is 5.82 Å². The van der Waals surface area contributed by atoms with Gasteiger partial charge in [-0.25, -0.2) is 9.18 Å². The van der Waals surface area contributed by atoms with Gasteiger partial charge in [-0.15, -0.1) is 0 Å². The van der Waals surface area contributed by atoms with Gasteiger partial charge in [0, 0.05) is 17.8 Å². The van der Waals surface area contributed by atoms with Crippen molar-refractivity contribution < 1.29 is 23.2 Å². The number of anilines is 1. The first-order valence-corrected chi connectivity index (χ1v) is 10.3. The zero-order valence-corrected chi connectivity index (χ0v) is 17.6. The topological polar surface area (TPSA) is 97.6 Å². The van der Waals surface area contributed by atoms with E-state index in [9.17, 15) is 14.0 Å². The molecule has 2 heterocycles. The number of hydrogen-bond donors (Lipinski definition) is 1. The first-order chi connectivity index (χ1) is 15.5. The van der Waals surface area contributed by atoms with Crippen molar-refractivity contribution in [1.29, 1.82) is 0 Å². The third kappa shape index (κ3) is 5.17. The minimum atomic E-state index is -0.427. The maximum Gasteiger partial charge on any atom is 0.337 e. The molecule has 2 aromatic carbocycles. The van der Waals surface area contributed by atoms with Crippen molar-refractivity contribution in [1.82, 2.24) is 15.0 Å². The normalized spacial score (nSPS) is 16.5. The molecule has 0 radical (unpaired) electrons. The van der Waals surface area contributed by atoms with Gasteiger partial charge in [0.25, 0.3) is 0 Å². The number of hydrogen-bond acceptors (Lipinski definition) is 7. The number of rotatable bonds is 6. The van der Waals surface area contributed by atoms with Crippen molar-refractivity contribution in [2.45, 2.75) is 18.8 Å². The van der Waals surface area contributed by atoms with Crippen LogP contribution in [0.5, 0.6) is 0 Å². The molecule has 1 fully saturated rings. The van der Waals surface area contributed by atoms with Crippen LogP contribution in [0.2, 0.25) is 0 Å². The fourth-order valence-electron chi connectivity index (χ4n) is 3.76. The second kappa shape index (κ2) is 9.69. The summed E-state index contributed by atoms with van der Waals surface area (Å²) in [6.45, 7) is 1.62. The van der Waals surface area contributed by atoms with E-state index < -0.39 is 5.97 Å². The van der Waals surface area contributed by atoms with Gasteiger partial charge >= 0.3 is 5.97 Å². The van der Waals surface area contributed by atoms with Gasteiger partial charge in [0.05, 0.1) is 25.1 Å². The molecule has 1 saturated heterocycles. The lowest BCUT2D eigenvalue weighted by atomic mass is 9.98. The largest absolute Gasteiger partial charge is 0.465 e. The summed E-state index contributed by atoms with van der Waals surface area (Å²) in [4.78, 5) is 30.5. The van der Waals surface area contributed by atoms with Crippen LogP contribution in [0.1, 0.15) is 35.0 Å². The number of carbonyl (C=O) groups excluding carboxylic acids is 2. The Morgan fingerprint density at radius 1 is 1.25 bits per heavy atom. The Bertz CT molecular complexity index is 1100. The molecule has 0 bridgehead atoms. The molecule has 1 unspecified atom stereocenters. The molecule has 1 atom stereocenters. The van der Waals surface area contributed by atoms with Crippen molar-refractivity contribution in [2.24, 2.45) is 0 Å². The number of likely N-dealkylation sites (tertiary alicyclic amines) is 1. The van der Waals surface area contributed by atoms with E-state index in [1.54, 1.807) is 36.4 Å². The SMILES string of the molecule is COC(=O)c1ccc(NC(=O)CN2CCCC(c3nc(-c4cccc(F)c4)no3)C2)cc1. The lowest BCUT2D eigenvalue weighted by Gasteiger charge is -2.30. The van der Waals surface area contributed by atoms with Crippen molar-refractivity contribution >= 4 is 17.6 Å². The summed E-state index contributed by atoms with van der Waals surface area (Å²) in [5, 5.41) is 6.83. The Balaban J connectivity index is 1.34. The smallest absolute Gasteiger partial charge is 0.337 e. The Hall–Kier alpha value is -3.59. The molecular weight excluding hydrogens is 415 g/mol. The molecule has 32 heavy (non-hydrogen) atoms. The van der Waals surface area contributed by atoms with Crippen LogP contribution in [-0.4, -0.2) is 53.7 Å². The highest BCUT2D eigenvalue weighted by Crippen LogP contribution is 2.27. The third-order valence-electron chi connectivity index (χ3n) is 5.34. The standard InChI is InChI=1S/C23H23FN4O4/c1-31-23(30)15-7-9-19(10-8-15)25-20(29)14-28-11-3-5-17(13-28)22-26-21(27-32-22)16-4-2-6-18(24)12-16/h2,4,6-10,12,17H,3,5,11,13-14H2,1H3,(H,25,29). The quantitative estimate of drug-likeness (QED) is 0.589.